The number of rotatable bonds is 1. The summed E-state index contributed by atoms with van der Waals surface area (Å²) in [6.07, 6.45) is 7.83. The number of halogens is 1. The minimum Gasteiger partial charge on any atom is -0.232 e. The number of imidazole rings is 1. The number of aryl methyl sites for hydroxylation is 1. The predicted molar refractivity (Wildman–Crippen MR) is 144 cm³/mol. The fourth-order valence-electron chi connectivity index (χ4n) is 7.21. The summed E-state index contributed by atoms with van der Waals surface area (Å²) in [5.41, 5.74) is 10.8. The van der Waals surface area contributed by atoms with Crippen LogP contribution < -0.4 is 4.57 Å². The van der Waals surface area contributed by atoms with E-state index >= 15 is 0 Å². The van der Waals surface area contributed by atoms with Gasteiger partial charge in [-0.25, -0.2) is 4.57 Å². The van der Waals surface area contributed by atoms with Crippen molar-refractivity contribution in [3.8, 4) is 5.69 Å². The maximum Gasteiger partial charge on any atom is 0.249 e. The van der Waals surface area contributed by atoms with Crippen LogP contribution in [-0.2, 0) is 17.9 Å². The molecule has 1 saturated carbocycles. The summed E-state index contributed by atoms with van der Waals surface area (Å²) in [5.74, 6) is 1.57. The highest BCUT2D eigenvalue weighted by Crippen LogP contribution is 2.61. The van der Waals surface area contributed by atoms with E-state index in [2.05, 4.69) is 94.4 Å². The van der Waals surface area contributed by atoms with Gasteiger partial charge in [0, 0.05) is 0 Å². The Morgan fingerprint density at radius 1 is 0.781 bits per heavy atom. The Kier molecular flexibility index (Phi) is 4.79. The molecule has 0 atom stereocenters. The molecule has 0 saturated heterocycles. The van der Waals surface area contributed by atoms with Crippen molar-refractivity contribution in [2.45, 2.75) is 89.9 Å². The van der Waals surface area contributed by atoms with Gasteiger partial charge in [-0.2, -0.15) is 4.57 Å². The first-order chi connectivity index (χ1) is 14.5. The summed E-state index contributed by atoms with van der Waals surface area (Å²) in [6, 6.07) is 12.3. The number of hydrogen-bond donors (Lipinski definition) is 0. The van der Waals surface area contributed by atoms with E-state index in [0.717, 1.165) is 11.8 Å². The van der Waals surface area contributed by atoms with Gasteiger partial charge in [-0.05, 0) is 100 Å². The van der Waals surface area contributed by atoms with Crippen LogP contribution in [0.2, 0.25) is 0 Å². The Labute approximate surface area is 210 Å². The first kappa shape index (κ1) is 22.4. The third kappa shape index (κ3) is 2.61. The van der Waals surface area contributed by atoms with Crippen molar-refractivity contribution >= 4 is 35.0 Å². The van der Waals surface area contributed by atoms with Crippen molar-refractivity contribution < 1.29 is 4.57 Å². The molecule has 0 N–H and O–H groups in total. The Hall–Kier alpha value is -1.36. The molecule has 4 aliphatic rings. The molecule has 0 unspecified atom stereocenters. The molecule has 1 aromatic heterocycles. The lowest BCUT2D eigenvalue weighted by molar-refractivity contribution is -0.645. The van der Waals surface area contributed by atoms with Gasteiger partial charge in [0.05, 0.1) is 7.05 Å². The second-order valence-electron chi connectivity index (χ2n) is 12.2. The minimum atomic E-state index is 0. The highest BCUT2D eigenvalue weighted by Gasteiger charge is 2.56. The number of hydrogen-bond acceptors (Lipinski definition) is 0. The van der Waals surface area contributed by atoms with E-state index in [9.17, 15) is 0 Å². The summed E-state index contributed by atoms with van der Waals surface area (Å²) in [4.78, 5) is 0. The molecule has 32 heavy (non-hydrogen) atoms. The van der Waals surface area contributed by atoms with E-state index < -0.39 is 0 Å². The monoisotopic (exact) mass is 541 g/mol. The first-order valence-corrected chi connectivity index (χ1v) is 12.2. The van der Waals surface area contributed by atoms with E-state index in [-0.39, 0.29) is 40.2 Å². The summed E-state index contributed by atoms with van der Waals surface area (Å²) < 4.78 is 4.76. The summed E-state index contributed by atoms with van der Waals surface area (Å²) in [6.45, 7) is 14.6. The van der Waals surface area contributed by atoms with Crippen LogP contribution in [-0.4, -0.2) is 4.57 Å². The first-order valence-electron chi connectivity index (χ1n) is 12.2. The van der Waals surface area contributed by atoms with Crippen molar-refractivity contribution in [2.75, 3.05) is 0 Å². The fourth-order valence-corrected chi connectivity index (χ4v) is 7.21. The highest BCUT2D eigenvalue weighted by molar-refractivity contribution is 14.0. The predicted octanol–water partition coefficient (Wildman–Crippen LogP) is 7.42. The number of fused-ring (bicyclic) bond motifs is 4. The van der Waals surface area contributed by atoms with Crippen LogP contribution in [0.4, 0.5) is 0 Å². The molecule has 2 aromatic carbocycles. The second-order valence-corrected chi connectivity index (χ2v) is 12.2. The SMILES string of the molecule is C[n+]1cn(-c2ccc3c(c2)C(C)(C)C(C)(C)C3(C)C)c2cc3c(cc21)C1CCC3CC1.I. The molecule has 0 amide bonds. The quantitative estimate of drug-likeness (QED) is 0.224. The molecular formula is C29H38IN2+. The zero-order chi connectivity index (χ0) is 21.9. The third-order valence-electron chi connectivity index (χ3n) is 10.5. The van der Waals surface area contributed by atoms with Crippen molar-refractivity contribution in [1.29, 1.82) is 0 Å². The molecule has 170 valence electrons. The lowest BCUT2D eigenvalue weighted by atomic mass is 9.59. The van der Waals surface area contributed by atoms with Gasteiger partial charge in [0.15, 0.2) is 11.0 Å². The highest BCUT2D eigenvalue weighted by atomic mass is 127. The maximum atomic E-state index is 2.53. The molecule has 0 radical (unpaired) electrons. The van der Waals surface area contributed by atoms with Crippen LogP contribution in [0.5, 0.6) is 0 Å². The largest absolute Gasteiger partial charge is 0.249 e. The van der Waals surface area contributed by atoms with E-state index in [1.165, 1.54) is 53.5 Å². The average molecular weight is 542 g/mol. The molecular weight excluding hydrogens is 503 g/mol. The lowest BCUT2D eigenvalue weighted by Crippen LogP contribution is -2.42. The smallest absolute Gasteiger partial charge is 0.232 e. The lowest BCUT2D eigenvalue weighted by Gasteiger charge is -2.44. The third-order valence-corrected chi connectivity index (χ3v) is 10.5. The molecule has 1 fully saturated rings. The average Bonchev–Trinajstić information content (AvgIpc) is 3.12. The van der Waals surface area contributed by atoms with Gasteiger partial charge in [0.1, 0.15) is 5.69 Å². The molecule has 7 rings (SSSR count). The van der Waals surface area contributed by atoms with Gasteiger partial charge >= 0.3 is 0 Å². The standard InChI is InChI=1S/C29H37N2.HI/c1-27(2)23-13-12-20(14-24(23)28(3,4)29(27,5)6)31-17-30(7)25-15-21-18-8-10-19(11-9-18)22(21)16-26(25)31;/h12-19H,8-11H2,1-7H3;1H/q+1;. The Bertz CT molecular complexity index is 1240. The van der Waals surface area contributed by atoms with Crippen molar-refractivity contribution in [3.63, 3.8) is 0 Å². The number of aromatic nitrogens is 2. The summed E-state index contributed by atoms with van der Waals surface area (Å²) in [5, 5.41) is 0. The van der Waals surface area contributed by atoms with Crippen LogP contribution in [0.3, 0.4) is 0 Å². The molecule has 3 heteroatoms. The van der Waals surface area contributed by atoms with Gasteiger partial charge in [-0.15, -0.1) is 24.0 Å². The molecule has 2 bridgehead atoms. The van der Waals surface area contributed by atoms with Gasteiger partial charge < -0.3 is 0 Å². The minimum absolute atomic E-state index is 0. The normalized spacial score (nSPS) is 26.0. The van der Waals surface area contributed by atoms with Gasteiger partial charge in [-0.3, -0.25) is 0 Å². The van der Waals surface area contributed by atoms with Crippen molar-refractivity contribution in [2.24, 2.45) is 12.5 Å². The van der Waals surface area contributed by atoms with Gasteiger partial charge in [0.2, 0.25) is 6.33 Å². The van der Waals surface area contributed by atoms with Crippen LogP contribution in [0.25, 0.3) is 16.7 Å². The zero-order valence-electron chi connectivity index (χ0n) is 20.7. The van der Waals surface area contributed by atoms with Crippen LogP contribution in [0.15, 0.2) is 36.7 Å². The molecule has 4 aliphatic carbocycles. The maximum absolute atomic E-state index is 2.53. The molecule has 0 aliphatic heterocycles. The Morgan fingerprint density at radius 2 is 1.34 bits per heavy atom. The topological polar surface area (TPSA) is 8.81 Å². The van der Waals surface area contributed by atoms with Crippen LogP contribution in [0.1, 0.15) is 101 Å². The number of benzene rings is 2. The van der Waals surface area contributed by atoms with E-state index in [4.69, 9.17) is 0 Å². The van der Waals surface area contributed by atoms with Crippen molar-refractivity contribution in [1.82, 2.24) is 4.57 Å². The Balaban J connectivity index is 0.00000216. The molecule has 2 nitrogen and oxygen atoms in total. The van der Waals surface area contributed by atoms with E-state index in [0.29, 0.717) is 0 Å². The van der Waals surface area contributed by atoms with Crippen LogP contribution in [0, 0.1) is 5.41 Å². The fraction of sp³-hybridized carbons (Fsp3) is 0.552. The summed E-state index contributed by atoms with van der Waals surface area (Å²) >= 11 is 0. The molecule has 0 spiro atoms. The van der Waals surface area contributed by atoms with E-state index in [1.54, 1.807) is 11.1 Å². The zero-order valence-corrected chi connectivity index (χ0v) is 23.1. The second kappa shape index (κ2) is 6.84. The van der Waals surface area contributed by atoms with Crippen molar-refractivity contribution in [3.05, 3.63) is 58.9 Å². The number of nitrogens with zero attached hydrogens (tertiary/aromatic N) is 2. The molecule has 3 aromatic rings. The molecule has 1 heterocycles. The van der Waals surface area contributed by atoms with E-state index in [1.807, 2.05) is 0 Å². The van der Waals surface area contributed by atoms with Crippen LogP contribution >= 0.6 is 24.0 Å². The summed E-state index contributed by atoms with van der Waals surface area (Å²) in [7, 11) is 2.20. The van der Waals surface area contributed by atoms with Gasteiger partial charge in [0.25, 0.3) is 0 Å². The Morgan fingerprint density at radius 3 is 1.97 bits per heavy atom. The van der Waals surface area contributed by atoms with Gasteiger partial charge in [-0.1, -0.05) is 47.6 Å².